The molecule has 2 aromatic carbocycles. The van der Waals surface area contributed by atoms with E-state index in [4.69, 9.17) is 16.3 Å². The quantitative estimate of drug-likeness (QED) is 0.765. The minimum absolute atomic E-state index is 0.0721. The summed E-state index contributed by atoms with van der Waals surface area (Å²) < 4.78 is 5.61. The van der Waals surface area contributed by atoms with Gasteiger partial charge in [-0.3, -0.25) is 4.79 Å². The van der Waals surface area contributed by atoms with E-state index >= 15 is 0 Å². The van der Waals surface area contributed by atoms with Crippen LogP contribution in [0.3, 0.4) is 0 Å². The normalized spacial score (nSPS) is 10.7. The van der Waals surface area contributed by atoms with Crippen LogP contribution in [0.1, 0.15) is 35.3 Å². The van der Waals surface area contributed by atoms with Crippen LogP contribution in [-0.2, 0) is 0 Å². The van der Waals surface area contributed by atoms with Crippen LogP contribution in [0.5, 0.6) is 5.75 Å². The lowest BCUT2D eigenvalue weighted by atomic mass is 10.0. The second kappa shape index (κ2) is 6.10. The molecule has 2 nitrogen and oxygen atoms in total. The van der Waals surface area contributed by atoms with Gasteiger partial charge in [0, 0.05) is 11.1 Å². The number of aryl methyl sites for hydroxylation is 1. The monoisotopic (exact) mass is 288 g/mol. The van der Waals surface area contributed by atoms with Gasteiger partial charge in [-0.2, -0.15) is 0 Å². The molecule has 0 spiro atoms. The van der Waals surface area contributed by atoms with Crippen LogP contribution in [0.25, 0.3) is 0 Å². The molecule has 2 aromatic rings. The molecule has 0 bridgehead atoms. The third-order valence-corrected chi connectivity index (χ3v) is 3.41. The van der Waals surface area contributed by atoms with Gasteiger partial charge in [0.1, 0.15) is 5.75 Å². The average molecular weight is 289 g/mol. The van der Waals surface area contributed by atoms with Crippen molar-refractivity contribution < 1.29 is 9.53 Å². The maximum Gasteiger partial charge on any atom is 0.194 e. The summed E-state index contributed by atoms with van der Waals surface area (Å²) in [5, 5.41) is 0.507. The Balaban J connectivity index is 2.36. The largest absolute Gasteiger partial charge is 0.491 e. The molecule has 0 amide bonds. The highest BCUT2D eigenvalue weighted by molar-refractivity contribution is 6.35. The molecule has 0 heterocycles. The van der Waals surface area contributed by atoms with Gasteiger partial charge in [-0.05, 0) is 44.5 Å². The molecule has 104 valence electrons. The van der Waals surface area contributed by atoms with E-state index < -0.39 is 0 Å². The zero-order chi connectivity index (χ0) is 14.7. The first-order chi connectivity index (χ1) is 9.49. The summed E-state index contributed by atoms with van der Waals surface area (Å²) in [4.78, 5) is 12.5. The summed E-state index contributed by atoms with van der Waals surface area (Å²) in [5.74, 6) is 0.600. The van der Waals surface area contributed by atoms with Crippen molar-refractivity contribution in [3.63, 3.8) is 0 Å². The van der Waals surface area contributed by atoms with Crippen molar-refractivity contribution in [3.8, 4) is 5.75 Å². The maximum atomic E-state index is 12.5. The number of carbonyl (C=O) groups excluding carboxylic acids is 1. The SMILES string of the molecule is Cc1cccc(C(=O)c2cccc(OC(C)C)c2)c1Cl. The maximum absolute atomic E-state index is 12.5. The van der Waals surface area contributed by atoms with E-state index in [0.29, 0.717) is 21.9 Å². The van der Waals surface area contributed by atoms with E-state index in [0.717, 1.165) is 5.56 Å². The standard InChI is InChI=1S/C17H17ClO2/c1-11(2)20-14-8-5-7-13(10-14)17(19)15-9-4-6-12(3)16(15)18/h4-11H,1-3H3. The van der Waals surface area contributed by atoms with Gasteiger partial charge in [0.05, 0.1) is 11.1 Å². The predicted molar refractivity (Wildman–Crippen MR) is 81.8 cm³/mol. The molecule has 0 saturated heterocycles. The first kappa shape index (κ1) is 14.6. The highest BCUT2D eigenvalue weighted by atomic mass is 35.5. The van der Waals surface area contributed by atoms with Gasteiger partial charge in [0.2, 0.25) is 0 Å². The minimum Gasteiger partial charge on any atom is -0.491 e. The minimum atomic E-state index is -0.0899. The fourth-order valence-electron chi connectivity index (χ4n) is 1.96. The summed E-state index contributed by atoms with van der Waals surface area (Å²) in [7, 11) is 0. The smallest absolute Gasteiger partial charge is 0.194 e. The summed E-state index contributed by atoms with van der Waals surface area (Å²) >= 11 is 6.21. The number of ether oxygens (including phenoxy) is 1. The van der Waals surface area contributed by atoms with Crippen molar-refractivity contribution in [3.05, 3.63) is 64.2 Å². The fraction of sp³-hybridized carbons (Fsp3) is 0.235. The molecule has 0 aliphatic heterocycles. The number of benzene rings is 2. The van der Waals surface area contributed by atoms with Gasteiger partial charge < -0.3 is 4.74 Å². The second-order valence-corrected chi connectivity index (χ2v) is 5.34. The molecule has 0 aromatic heterocycles. The van der Waals surface area contributed by atoms with E-state index in [1.165, 1.54) is 0 Å². The van der Waals surface area contributed by atoms with E-state index in [1.807, 2.05) is 45.0 Å². The molecule has 0 fully saturated rings. The van der Waals surface area contributed by atoms with Gasteiger partial charge in [-0.15, -0.1) is 0 Å². The average Bonchev–Trinajstić information content (AvgIpc) is 2.41. The third-order valence-electron chi connectivity index (χ3n) is 2.90. The van der Waals surface area contributed by atoms with Crippen molar-refractivity contribution in [2.75, 3.05) is 0 Å². The zero-order valence-electron chi connectivity index (χ0n) is 11.8. The van der Waals surface area contributed by atoms with Crippen molar-refractivity contribution in [1.82, 2.24) is 0 Å². The molecule has 0 radical (unpaired) electrons. The molecule has 0 unspecified atom stereocenters. The number of rotatable bonds is 4. The van der Waals surface area contributed by atoms with Crippen molar-refractivity contribution >= 4 is 17.4 Å². The molecule has 0 saturated carbocycles. The molecule has 20 heavy (non-hydrogen) atoms. The van der Waals surface area contributed by atoms with Crippen LogP contribution in [0.4, 0.5) is 0 Å². The van der Waals surface area contributed by atoms with Crippen LogP contribution in [0.15, 0.2) is 42.5 Å². The Bertz CT molecular complexity index is 633. The van der Waals surface area contributed by atoms with E-state index in [9.17, 15) is 4.79 Å². The van der Waals surface area contributed by atoms with Crippen LogP contribution < -0.4 is 4.74 Å². The van der Waals surface area contributed by atoms with Gasteiger partial charge in [0.15, 0.2) is 5.78 Å². The first-order valence-corrected chi connectivity index (χ1v) is 6.93. The number of halogens is 1. The highest BCUT2D eigenvalue weighted by Crippen LogP contribution is 2.24. The van der Waals surface area contributed by atoms with Crippen LogP contribution in [0.2, 0.25) is 5.02 Å². The van der Waals surface area contributed by atoms with E-state index in [1.54, 1.807) is 18.2 Å². The Hall–Kier alpha value is -1.80. The van der Waals surface area contributed by atoms with Crippen LogP contribution in [-0.4, -0.2) is 11.9 Å². The summed E-state index contributed by atoms with van der Waals surface area (Å²) in [6, 6.07) is 12.6. The highest BCUT2D eigenvalue weighted by Gasteiger charge is 2.14. The molecular weight excluding hydrogens is 272 g/mol. The van der Waals surface area contributed by atoms with Gasteiger partial charge in [-0.25, -0.2) is 0 Å². The molecule has 0 aliphatic rings. The third kappa shape index (κ3) is 3.20. The molecule has 0 N–H and O–H groups in total. The molecule has 0 aliphatic carbocycles. The number of carbonyl (C=O) groups is 1. The Labute approximate surface area is 124 Å². The molecule has 3 heteroatoms. The Morgan fingerprint density at radius 3 is 2.55 bits per heavy atom. The number of hydrogen-bond acceptors (Lipinski definition) is 2. The lowest BCUT2D eigenvalue weighted by Crippen LogP contribution is -2.07. The predicted octanol–water partition coefficient (Wildman–Crippen LogP) is 4.67. The summed E-state index contributed by atoms with van der Waals surface area (Å²) in [6.07, 6.45) is 0.0721. The molecular formula is C17H17ClO2. The second-order valence-electron chi connectivity index (χ2n) is 4.96. The van der Waals surface area contributed by atoms with Crippen molar-refractivity contribution in [2.45, 2.75) is 26.9 Å². The number of ketones is 1. The lowest BCUT2D eigenvalue weighted by molar-refractivity contribution is 0.103. The Kier molecular flexibility index (Phi) is 4.46. The van der Waals surface area contributed by atoms with Crippen LogP contribution in [0, 0.1) is 6.92 Å². The summed E-state index contributed by atoms with van der Waals surface area (Å²) in [5.41, 5.74) is 2.00. The van der Waals surface area contributed by atoms with E-state index in [2.05, 4.69) is 0 Å². The molecule has 0 atom stereocenters. The summed E-state index contributed by atoms with van der Waals surface area (Å²) in [6.45, 7) is 5.79. The van der Waals surface area contributed by atoms with Crippen molar-refractivity contribution in [1.29, 1.82) is 0 Å². The van der Waals surface area contributed by atoms with Gasteiger partial charge in [0.25, 0.3) is 0 Å². The van der Waals surface area contributed by atoms with Gasteiger partial charge >= 0.3 is 0 Å². The van der Waals surface area contributed by atoms with Gasteiger partial charge in [-0.1, -0.05) is 35.9 Å². The van der Waals surface area contributed by atoms with Crippen molar-refractivity contribution in [2.24, 2.45) is 0 Å². The lowest BCUT2D eigenvalue weighted by Gasteiger charge is -2.11. The van der Waals surface area contributed by atoms with Crippen LogP contribution >= 0.6 is 11.6 Å². The van der Waals surface area contributed by atoms with E-state index in [-0.39, 0.29) is 11.9 Å². The first-order valence-electron chi connectivity index (χ1n) is 6.55. The number of hydrogen-bond donors (Lipinski definition) is 0. The topological polar surface area (TPSA) is 26.3 Å². The molecule has 2 rings (SSSR count). The fourth-order valence-corrected chi connectivity index (χ4v) is 2.17. The zero-order valence-corrected chi connectivity index (χ0v) is 12.6. The Morgan fingerprint density at radius 2 is 1.85 bits per heavy atom. The Morgan fingerprint density at radius 1 is 1.15 bits per heavy atom.